The van der Waals surface area contributed by atoms with Gasteiger partial charge in [-0.05, 0) is 24.5 Å². The van der Waals surface area contributed by atoms with E-state index in [0.29, 0.717) is 12.3 Å². The van der Waals surface area contributed by atoms with E-state index in [0.717, 1.165) is 6.07 Å². The molecule has 0 saturated heterocycles. The van der Waals surface area contributed by atoms with Crippen LogP contribution in [0.1, 0.15) is 17.5 Å². The molecule has 0 amide bonds. The Morgan fingerprint density at radius 3 is 2.40 bits per heavy atom. The maximum absolute atomic E-state index is 13.3. The van der Waals surface area contributed by atoms with Gasteiger partial charge in [-0.3, -0.25) is 0 Å². The van der Waals surface area contributed by atoms with E-state index in [1.165, 1.54) is 12.1 Å². The molecule has 0 saturated carbocycles. The topological polar surface area (TPSA) is 0 Å². The zero-order valence-corrected chi connectivity index (χ0v) is 8.50. The molecule has 0 heterocycles. The lowest BCUT2D eigenvalue weighted by atomic mass is 10.1. The van der Waals surface area contributed by atoms with Gasteiger partial charge in [0.25, 0.3) is 0 Å². The second kappa shape index (κ2) is 4.84. The average molecular weight is 241 g/mol. The van der Waals surface area contributed by atoms with Crippen LogP contribution in [0.3, 0.4) is 0 Å². The molecule has 0 radical (unpaired) electrons. The minimum absolute atomic E-state index is 0.0606. The van der Waals surface area contributed by atoms with E-state index < -0.39 is 17.6 Å². The van der Waals surface area contributed by atoms with Crippen LogP contribution < -0.4 is 0 Å². The maximum Gasteiger partial charge on any atom is 0.419 e. The van der Waals surface area contributed by atoms with Gasteiger partial charge in [-0.25, -0.2) is 4.39 Å². The van der Waals surface area contributed by atoms with Gasteiger partial charge >= 0.3 is 6.18 Å². The molecule has 0 fully saturated rings. The lowest BCUT2D eigenvalue weighted by Gasteiger charge is -2.10. The van der Waals surface area contributed by atoms with Crippen LogP contribution in [0.2, 0.25) is 0 Å². The molecule has 0 unspecified atom stereocenters. The second-order valence-corrected chi connectivity index (χ2v) is 3.45. The summed E-state index contributed by atoms with van der Waals surface area (Å²) in [4.78, 5) is 0. The first kappa shape index (κ1) is 12.3. The summed E-state index contributed by atoms with van der Waals surface area (Å²) in [7, 11) is 0. The highest BCUT2D eigenvalue weighted by atomic mass is 35.5. The van der Waals surface area contributed by atoms with E-state index in [9.17, 15) is 17.6 Å². The quantitative estimate of drug-likeness (QED) is 0.553. The number of halogens is 5. The number of hydrogen-bond acceptors (Lipinski definition) is 0. The van der Waals surface area contributed by atoms with E-state index in [1.54, 1.807) is 0 Å². The molecule has 0 aliphatic heterocycles. The molecule has 1 rings (SSSR count). The minimum atomic E-state index is -4.64. The first-order valence-corrected chi connectivity index (χ1v) is 4.91. The maximum atomic E-state index is 13.3. The third-order valence-electron chi connectivity index (χ3n) is 1.96. The molecule has 84 valence electrons. The van der Waals surface area contributed by atoms with Crippen LogP contribution in [0.15, 0.2) is 18.2 Å². The van der Waals surface area contributed by atoms with Crippen molar-refractivity contribution in [2.75, 3.05) is 5.88 Å². The highest BCUT2D eigenvalue weighted by molar-refractivity contribution is 6.17. The SMILES string of the molecule is Fc1c(CCCCl)cccc1C(F)(F)F. The van der Waals surface area contributed by atoms with Crippen LogP contribution in [0.25, 0.3) is 0 Å². The van der Waals surface area contributed by atoms with Crippen LogP contribution in [-0.2, 0) is 12.6 Å². The summed E-state index contributed by atoms with van der Waals surface area (Å²) in [5.74, 6) is -0.884. The fourth-order valence-electron chi connectivity index (χ4n) is 1.25. The van der Waals surface area contributed by atoms with E-state index in [2.05, 4.69) is 0 Å². The molecule has 0 spiro atoms. The molecular weight excluding hydrogens is 232 g/mol. The Labute approximate surface area is 89.9 Å². The molecule has 0 atom stereocenters. The number of alkyl halides is 4. The Kier molecular flexibility index (Phi) is 3.97. The van der Waals surface area contributed by atoms with Crippen molar-refractivity contribution in [2.45, 2.75) is 19.0 Å². The molecule has 0 aromatic heterocycles. The van der Waals surface area contributed by atoms with Crippen LogP contribution >= 0.6 is 11.6 Å². The Morgan fingerprint density at radius 2 is 1.87 bits per heavy atom. The summed E-state index contributed by atoms with van der Waals surface area (Å²) in [5, 5.41) is 0. The van der Waals surface area contributed by atoms with Crippen molar-refractivity contribution in [3.63, 3.8) is 0 Å². The summed E-state index contributed by atoms with van der Waals surface area (Å²) in [6, 6.07) is 3.28. The third-order valence-corrected chi connectivity index (χ3v) is 2.23. The molecule has 1 aromatic rings. The van der Waals surface area contributed by atoms with Gasteiger partial charge in [-0.15, -0.1) is 11.6 Å². The van der Waals surface area contributed by atoms with Crippen molar-refractivity contribution >= 4 is 11.6 Å². The van der Waals surface area contributed by atoms with E-state index in [-0.39, 0.29) is 12.0 Å². The molecule has 15 heavy (non-hydrogen) atoms. The van der Waals surface area contributed by atoms with E-state index in [1.807, 2.05) is 0 Å². The Hall–Kier alpha value is -0.770. The van der Waals surface area contributed by atoms with Gasteiger partial charge < -0.3 is 0 Å². The van der Waals surface area contributed by atoms with Crippen molar-refractivity contribution in [3.8, 4) is 0 Å². The molecule has 0 aliphatic rings. The molecule has 0 aliphatic carbocycles. The number of aryl methyl sites for hydroxylation is 1. The van der Waals surface area contributed by atoms with Gasteiger partial charge in [-0.1, -0.05) is 12.1 Å². The van der Waals surface area contributed by atoms with Gasteiger partial charge in [0.1, 0.15) is 5.82 Å². The average Bonchev–Trinajstić information content (AvgIpc) is 2.14. The first-order chi connectivity index (χ1) is 6.96. The van der Waals surface area contributed by atoms with Gasteiger partial charge in [-0.2, -0.15) is 13.2 Å². The fourth-order valence-corrected chi connectivity index (χ4v) is 1.38. The second-order valence-electron chi connectivity index (χ2n) is 3.07. The lowest BCUT2D eigenvalue weighted by molar-refractivity contribution is -0.140. The van der Waals surface area contributed by atoms with Crippen molar-refractivity contribution in [1.82, 2.24) is 0 Å². The van der Waals surface area contributed by atoms with E-state index in [4.69, 9.17) is 11.6 Å². The summed E-state index contributed by atoms with van der Waals surface area (Å²) in [6.45, 7) is 0. The first-order valence-electron chi connectivity index (χ1n) is 4.37. The predicted molar refractivity (Wildman–Crippen MR) is 50.4 cm³/mol. The van der Waals surface area contributed by atoms with E-state index >= 15 is 0 Å². The zero-order chi connectivity index (χ0) is 11.5. The normalized spacial score (nSPS) is 11.8. The fraction of sp³-hybridized carbons (Fsp3) is 0.400. The van der Waals surface area contributed by atoms with Crippen molar-refractivity contribution < 1.29 is 17.6 Å². The van der Waals surface area contributed by atoms with Crippen LogP contribution in [0, 0.1) is 5.82 Å². The Balaban J connectivity index is 3.01. The number of rotatable bonds is 3. The van der Waals surface area contributed by atoms with Gasteiger partial charge in [0.2, 0.25) is 0 Å². The van der Waals surface area contributed by atoms with Gasteiger partial charge in [0.15, 0.2) is 0 Å². The standard InChI is InChI=1S/C10H9ClF4/c11-6-2-4-7-3-1-5-8(9(7)12)10(13,14)15/h1,3,5H,2,4,6H2. The third kappa shape index (κ3) is 3.09. The largest absolute Gasteiger partial charge is 0.419 e. The highest BCUT2D eigenvalue weighted by Crippen LogP contribution is 2.32. The smallest absolute Gasteiger partial charge is 0.206 e. The van der Waals surface area contributed by atoms with Crippen LogP contribution in [-0.4, -0.2) is 5.88 Å². The lowest BCUT2D eigenvalue weighted by Crippen LogP contribution is -2.09. The Bertz CT molecular complexity index is 333. The molecule has 1 aromatic carbocycles. The minimum Gasteiger partial charge on any atom is -0.206 e. The van der Waals surface area contributed by atoms with Crippen molar-refractivity contribution in [1.29, 1.82) is 0 Å². The van der Waals surface area contributed by atoms with Crippen LogP contribution in [0.4, 0.5) is 17.6 Å². The molecular formula is C10H9ClF4. The molecule has 0 nitrogen and oxygen atoms in total. The highest BCUT2D eigenvalue weighted by Gasteiger charge is 2.34. The van der Waals surface area contributed by atoms with Crippen LogP contribution in [0.5, 0.6) is 0 Å². The molecule has 0 N–H and O–H groups in total. The zero-order valence-electron chi connectivity index (χ0n) is 7.74. The summed E-state index contributed by atoms with van der Waals surface area (Å²) >= 11 is 5.39. The van der Waals surface area contributed by atoms with Gasteiger partial charge in [0, 0.05) is 5.88 Å². The Morgan fingerprint density at radius 1 is 1.20 bits per heavy atom. The number of benzene rings is 1. The summed E-state index contributed by atoms with van der Waals surface area (Å²) < 4.78 is 50.2. The summed E-state index contributed by atoms with van der Waals surface area (Å²) in [6.07, 6.45) is -3.96. The van der Waals surface area contributed by atoms with Crippen molar-refractivity contribution in [2.24, 2.45) is 0 Å². The monoisotopic (exact) mass is 240 g/mol. The molecule has 0 bridgehead atoms. The van der Waals surface area contributed by atoms with Crippen molar-refractivity contribution in [3.05, 3.63) is 35.1 Å². The van der Waals surface area contributed by atoms with Gasteiger partial charge in [0.05, 0.1) is 5.56 Å². The number of hydrogen-bond donors (Lipinski definition) is 0. The predicted octanol–water partition coefficient (Wildman–Crippen LogP) is 4.02. The summed E-state index contributed by atoms with van der Waals surface area (Å²) in [5.41, 5.74) is -1.15. The molecule has 5 heteroatoms.